The van der Waals surface area contributed by atoms with Crippen LogP contribution in [0.3, 0.4) is 0 Å². The summed E-state index contributed by atoms with van der Waals surface area (Å²) in [6.45, 7) is 2.11. The smallest absolute Gasteiger partial charge is 0.329 e. The molecular formula is C24H20BrCl2N3O3. The minimum Gasteiger partial charge on any atom is -0.488 e. The molecule has 0 fully saturated rings. The van der Waals surface area contributed by atoms with Crippen molar-refractivity contribution in [2.75, 3.05) is 5.32 Å². The summed E-state index contributed by atoms with van der Waals surface area (Å²) in [6, 6.07) is 17.8. The Kier molecular flexibility index (Phi) is 8.88. The summed E-state index contributed by atoms with van der Waals surface area (Å²) < 4.78 is 6.66. The van der Waals surface area contributed by atoms with Gasteiger partial charge in [0, 0.05) is 31.3 Å². The Morgan fingerprint density at radius 1 is 1.03 bits per heavy atom. The highest BCUT2D eigenvalue weighted by molar-refractivity contribution is 9.10. The van der Waals surface area contributed by atoms with E-state index >= 15 is 0 Å². The van der Waals surface area contributed by atoms with Crippen LogP contribution in [0.2, 0.25) is 10.0 Å². The number of amides is 2. The van der Waals surface area contributed by atoms with Crippen LogP contribution in [0.15, 0.2) is 70.2 Å². The molecule has 3 aromatic rings. The zero-order valence-corrected chi connectivity index (χ0v) is 20.7. The van der Waals surface area contributed by atoms with Gasteiger partial charge in [0.25, 0.3) is 0 Å². The molecule has 0 unspecified atom stereocenters. The molecule has 0 aliphatic heterocycles. The molecule has 0 bridgehead atoms. The van der Waals surface area contributed by atoms with Crippen LogP contribution in [-0.2, 0) is 22.6 Å². The molecule has 0 spiro atoms. The number of halogens is 3. The van der Waals surface area contributed by atoms with Gasteiger partial charge in [-0.25, -0.2) is 5.43 Å². The molecule has 0 atom stereocenters. The molecule has 0 aliphatic carbocycles. The number of ether oxygens (including phenoxy) is 1. The molecule has 6 nitrogen and oxygen atoms in total. The summed E-state index contributed by atoms with van der Waals surface area (Å²) in [5.41, 5.74) is 4.98. The Labute approximate surface area is 210 Å². The van der Waals surface area contributed by atoms with Crippen molar-refractivity contribution >= 4 is 62.8 Å². The molecule has 170 valence electrons. The third kappa shape index (κ3) is 6.81. The first-order valence-corrected chi connectivity index (χ1v) is 11.5. The summed E-state index contributed by atoms with van der Waals surface area (Å²) in [5.74, 6) is -1.21. The van der Waals surface area contributed by atoms with Crippen LogP contribution in [0.25, 0.3) is 0 Å². The third-order valence-electron chi connectivity index (χ3n) is 4.63. The predicted octanol–water partition coefficient (Wildman–Crippen LogP) is 5.99. The number of carbonyl (C=O) groups is 2. The predicted molar refractivity (Wildman–Crippen MR) is 135 cm³/mol. The fourth-order valence-electron chi connectivity index (χ4n) is 2.91. The van der Waals surface area contributed by atoms with E-state index in [0.29, 0.717) is 32.6 Å². The second-order valence-corrected chi connectivity index (χ2v) is 8.57. The van der Waals surface area contributed by atoms with E-state index in [9.17, 15) is 9.59 Å². The number of hydrogen-bond acceptors (Lipinski definition) is 4. The standard InChI is InChI=1S/C24H20BrCl2N3O3/c1-2-15-6-3-4-9-21(15)29-23(31)24(32)30-28-13-16-12-17(25)10-11-22(16)33-14-18-19(26)7-5-8-20(18)27/h3-13H,2,14H2,1H3,(H,29,31)(H,30,32)/b28-13-. The van der Waals surface area contributed by atoms with Gasteiger partial charge < -0.3 is 10.1 Å². The average molecular weight is 549 g/mol. The number of aryl methyl sites for hydroxylation is 1. The van der Waals surface area contributed by atoms with Gasteiger partial charge in [0.05, 0.1) is 6.21 Å². The van der Waals surface area contributed by atoms with E-state index in [4.69, 9.17) is 27.9 Å². The second kappa shape index (κ2) is 11.8. The summed E-state index contributed by atoms with van der Waals surface area (Å²) in [7, 11) is 0. The van der Waals surface area contributed by atoms with Crippen molar-refractivity contribution in [1.82, 2.24) is 5.43 Å². The first-order valence-electron chi connectivity index (χ1n) is 9.96. The van der Waals surface area contributed by atoms with Crippen LogP contribution >= 0.6 is 39.1 Å². The van der Waals surface area contributed by atoms with Crippen LogP contribution in [0.4, 0.5) is 5.69 Å². The van der Waals surface area contributed by atoms with Crippen molar-refractivity contribution in [3.8, 4) is 5.75 Å². The van der Waals surface area contributed by atoms with Crippen molar-refractivity contribution in [3.63, 3.8) is 0 Å². The van der Waals surface area contributed by atoms with Crippen LogP contribution < -0.4 is 15.5 Å². The van der Waals surface area contributed by atoms with Gasteiger partial charge in [-0.1, -0.05) is 70.3 Å². The Bertz CT molecular complexity index is 1180. The minimum atomic E-state index is -0.891. The maximum Gasteiger partial charge on any atom is 0.329 e. The number of anilines is 1. The minimum absolute atomic E-state index is 0.145. The van der Waals surface area contributed by atoms with E-state index in [1.54, 1.807) is 48.5 Å². The topological polar surface area (TPSA) is 79.8 Å². The van der Waals surface area contributed by atoms with Crippen LogP contribution in [0, 0.1) is 0 Å². The Morgan fingerprint density at radius 2 is 1.76 bits per heavy atom. The zero-order chi connectivity index (χ0) is 23.8. The van der Waals surface area contributed by atoms with Gasteiger partial charge in [0.15, 0.2) is 0 Å². The zero-order valence-electron chi connectivity index (χ0n) is 17.6. The van der Waals surface area contributed by atoms with E-state index in [2.05, 4.69) is 31.8 Å². The van der Waals surface area contributed by atoms with Crippen molar-refractivity contribution in [3.05, 3.63) is 91.9 Å². The van der Waals surface area contributed by atoms with Gasteiger partial charge in [-0.3, -0.25) is 9.59 Å². The Balaban J connectivity index is 1.66. The Hall–Kier alpha value is -2.87. The third-order valence-corrected chi connectivity index (χ3v) is 5.83. The normalized spacial score (nSPS) is 10.8. The number of rotatable bonds is 7. The SMILES string of the molecule is CCc1ccccc1NC(=O)C(=O)N/N=C\c1cc(Br)ccc1OCc1c(Cl)cccc1Cl. The first-order chi connectivity index (χ1) is 15.9. The van der Waals surface area contributed by atoms with Crippen LogP contribution in [-0.4, -0.2) is 18.0 Å². The lowest BCUT2D eigenvalue weighted by Gasteiger charge is -2.12. The highest BCUT2D eigenvalue weighted by atomic mass is 79.9. The molecular weight excluding hydrogens is 529 g/mol. The van der Waals surface area contributed by atoms with E-state index in [1.165, 1.54) is 6.21 Å². The molecule has 33 heavy (non-hydrogen) atoms. The van der Waals surface area contributed by atoms with Gasteiger partial charge in [0.2, 0.25) is 0 Å². The number of benzene rings is 3. The fraction of sp³-hybridized carbons (Fsp3) is 0.125. The molecule has 0 aromatic heterocycles. The van der Waals surface area contributed by atoms with Gasteiger partial charge in [-0.15, -0.1) is 0 Å². The lowest BCUT2D eigenvalue weighted by Crippen LogP contribution is -2.32. The molecule has 2 N–H and O–H groups in total. The van der Waals surface area contributed by atoms with E-state index in [1.807, 2.05) is 19.1 Å². The summed E-state index contributed by atoms with van der Waals surface area (Å²) in [4.78, 5) is 24.4. The molecule has 0 radical (unpaired) electrons. The van der Waals surface area contributed by atoms with E-state index in [-0.39, 0.29) is 6.61 Å². The quantitative estimate of drug-likeness (QED) is 0.216. The van der Waals surface area contributed by atoms with Gasteiger partial charge in [0.1, 0.15) is 12.4 Å². The molecule has 3 aromatic carbocycles. The molecule has 2 amide bonds. The van der Waals surface area contributed by atoms with Crippen molar-refractivity contribution in [2.45, 2.75) is 20.0 Å². The highest BCUT2D eigenvalue weighted by Crippen LogP contribution is 2.28. The number of nitrogens with one attached hydrogen (secondary N) is 2. The monoisotopic (exact) mass is 547 g/mol. The molecule has 0 saturated carbocycles. The number of hydrogen-bond donors (Lipinski definition) is 2. The summed E-state index contributed by atoms with van der Waals surface area (Å²) in [6.07, 6.45) is 2.11. The maximum atomic E-state index is 12.2. The van der Waals surface area contributed by atoms with E-state index in [0.717, 1.165) is 16.5 Å². The lowest BCUT2D eigenvalue weighted by atomic mass is 10.1. The lowest BCUT2D eigenvalue weighted by molar-refractivity contribution is -0.136. The van der Waals surface area contributed by atoms with E-state index < -0.39 is 11.8 Å². The van der Waals surface area contributed by atoms with Crippen LogP contribution in [0.1, 0.15) is 23.6 Å². The molecule has 0 heterocycles. The second-order valence-electron chi connectivity index (χ2n) is 6.83. The molecule has 0 saturated heterocycles. The molecule has 0 aliphatic rings. The number of hydrazone groups is 1. The van der Waals surface area contributed by atoms with Gasteiger partial charge >= 0.3 is 11.8 Å². The van der Waals surface area contributed by atoms with Gasteiger partial charge in [-0.2, -0.15) is 5.10 Å². The maximum absolute atomic E-state index is 12.2. The van der Waals surface area contributed by atoms with Gasteiger partial charge in [-0.05, 0) is 48.4 Å². The first kappa shape index (κ1) is 24.8. The summed E-state index contributed by atoms with van der Waals surface area (Å²) in [5, 5.41) is 7.49. The summed E-state index contributed by atoms with van der Waals surface area (Å²) >= 11 is 15.8. The fourth-order valence-corrected chi connectivity index (χ4v) is 3.80. The van der Waals surface area contributed by atoms with Crippen LogP contribution in [0.5, 0.6) is 5.75 Å². The van der Waals surface area contributed by atoms with Crippen molar-refractivity contribution in [1.29, 1.82) is 0 Å². The largest absolute Gasteiger partial charge is 0.488 e. The van der Waals surface area contributed by atoms with Crippen molar-refractivity contribution in [2.24, 2.45) is 5.10 Å². The average Bonchev–Trinajstić information content (AvgIpc) is 2.80. The number of carbonyl (C=O) groups excluding carboxylic acids is 2. The molecule has 3 rings (SSSR count). The highest BCUT2D eigenvalue weighted by Gasteiger charge is 2.14. The Morgan fingerprint density at radius 3 is 2.48 bits per heavy atom. The molecule has 9 heteroatoms. The number of nitrogens with zero attached hydrogens (tertiary/aromatic N) is 1. The van der Waals surface area contributed by atoms with Crippen molar-refractivity contribution < 1.29 is 14.3 Å². The number of para-hydroxylation sites is 1.